The molecule has 1 saturated heterocycles. The normalized spacial score (nSPS) is 17.3. The highest BCUT2D eigenvalue weighted by molar-refractivity contribution is 7.98. The second-order valence-electron chi connectivity index (χ2n) is 6.07. The number of nitrogens with zero attached hydrogens (tertiary/aromatic N) is 2. The third-order valence-electron chi connectivity index (χ3n) is 4.17. The molecular weight excluding hydrogens is 360 g/mol. The van der Waals surface area contributed by atoms with Crippen molar-refractivity contribution < 1.29 is 4.79 Å². The number of aromatic nitrogens is 2. The minimum atomic E-state index is -0.116. The highest BCUT2D eigenvalue weighted by atomic mass is 35.5. The van der Waals surface area contributed by atoms with Gasteiger partial charge in [0.1, 0.15) is 5.82 Å². The lowest BCUT2D eigenvalue weighted by molar-refractivity contribution is -0.131. The Hall–Kier alpha value is -1.57. The van der Waals surface area contributed by atoms with E-state index in [9.17, 15) is 9.59 Å². The summed E-state index contributed by atoms with van der Waals surface area (Å²) in [6.07, 6.45) is 2.48. The molecule has 1 aromatic heterocycles. The second kappa shape index (κ2) is 9.22. The molecule has 1 fully saturated rings. The molecular formula is C17H23ClN4O2S. The Kier molecular flexibility index (Phi) is 7.28. The van der Waals surface area contributed by atoms with E-state index >= 15 is 0 Å². The Labute approximate surface area is 157 Å². The molecule has 1 amide bonds. The summed E-state index contributed by atoms with van der Waals surface area (Å²) in [5.41, 5.74) is 6.50. The number of halogens is 1. The molecule has 0 saturated carbocycles. The van der Waals surface area contributed by atoms with E-state index in [4.69, 9.17) is 5.73 Å². The molecule has 8 heteroatoms. The second-order valence-corrected chi connectivity index (χ2v) is 7.18. The first-order valence-corrected chi connectivity index (χ1v) is 9.38. The molecule has 6 nitrogen and oxygen atoms in total. The van der Waals surface area contributed by atoms with Crippen LogP contribution in [0.15, 0.2) is 29.1 Å². The molecule has 0 spiro atoms. The van der Waals surface area contributed by atoms with Gasteiger partial charge in [-0.25, -0.2) is 4.98 Å². The third kappa shape index (κ3) is 5.20. The fraction of sp³-hybridized carbons (Fsp3) is 0.471. The molecule has 1 aliphatic rings. The lowest BCUT2D eigenvalue weighted by atomic mass is 10.1. The Morgan fingerprint density at radius 2 is 2.20 bits per heavy atom. The van der Waals surface area contributed by atoms with Crippen LogP contribution in [0.25, 0.3) is 10.9 Å². The zero-order chi connectivity index (χ0) is 16.9. The summed E-state index contributed by atoms with van der Waals surface area (Å²) >= 11 is 1.61. The molecule has 2 heterocycles. The number of aromatic amines is 1. The van der Waals surface area contributed by atoms with Gasteiger partial charge in [-0.3, -0.25) is 9.59 Å². The van der Waals surface area contributed by atoms with Crippen molar-refractivity contribution in [1.29, 1.82) is 0 Å². The number of carbonyl (C=O) groups excluding carboxylic acids is 1. The number of rotatable bonds is 5. The van der Waals surface area contributed by atoms with Gasteiger partial charge in [-0.2, -0.15) is 11.8 Å². The summed E-state index contributed by atoms with van der Waals surface area (Å²) in [5, 5.41) is 0.600. The van der Waals surface area contributed by atoms with Crippen LogP contribution in [-0.4, -0.2) is 45.7 Å². The molecule has 1 aliphatic heterocycles. The van der Waals surface area contributed by atoms with Crippen molar-refractivity contribution in [3.05, 3.63) is 40.4 Å². The molecule has 3 N–H and O–H groups in total. The van der Waals surface area contributed by atoms with Crippen molar-refractivity contribution in [3.8, 4) is 0 Å². The first kappa shape index (κ1) is 19.8. The van der Waals surface area contributed by atoms with Crippen molar-refractivity contribution in [3.63, 3.8) is 0 Å². The maximum Gasteiger partial charge on any atom is 0.258 e. The monoisotopic (exact) mass is 382 g/mol. The number of benzene rings is 1. The SMILES string of the molecule is Cl.NC1CCCN(C(=O)CCSCc2nc3ccccc3c(=O)[nH]2)C1. The number of amides is 1. The van der Waals surface area contributed by atoms with E-state index in [1.165, 1.54) is 0 Å². The van der Waals surface area contributed by atoms with Gasteiger partial charge in [0, 0.05) is 31.3 Å². The first-order chi connectivity index (χ1) is 11.6. The highest BCUT2D eigenvalue weighted by Crippen LogP contribution is 2.14. The van der Waals surface area contributed by atoms with Gasteiger partial charge in [-0.15, -0.1) is 12.4 Å². The zero-order valence-electron chi connectivity index (χ0n) is 13.9. The molecule has 136 valence electrons. The fourth-order valence-corrected chi connectivity index (χ4v) is 3.72. The summed E-state index contributed by atoms with van der Waals surface area (Å²) in [6.45, 7) is 1.49. The Bertz CT molecular complexity index is 783. The predicted octanol–water partition coefficient (Wildman–Crippen LogP) is 1.92. The van der Waals surface area contributed by atoms with Gasteiger partial charge >= 0.3 is 0 Å². The van der Waals surface area contributed by atoms with E-state index in [-0.39, 0.29) is 29.9 Å². The molecule has 0 radical (unpaired) electrons. The fourth-order valence-electron chi connectivity index (χ4n) is 2.93. The Morgan fingerprint density at radius 3 is 3.00 bits per heavy atom. The van der Waals surface area contributed by atoms with Crippen molar-refractivity contribution in [2.24, 2.45) is 5.73 Å². The summed E-state index contributed by atoms with van der Waals surface area (Å²) in [6, 6.07) is 7.41. The summed E-state index contributed by atoms with van der Waals surface area (Å²) < 4.78 is 0. The van der Waals surface area contributed by atoms with E-state index in [2.05, 4.69) is 9.97 Å². The summed E-state index contributed by atoms with van der Waals surface area (Å²) in [7, 11) is 0. The Balaban J connectivity index is 0.00000225. The number of fused-ring (bicyclic) bond motifs is 1. The molecule has 25 heavy (non-hydrogen) atoms. The third-order valence-corrected chi connectivity index (χ3v) is 5.14. The lowest BCUT2D eigenvalue weighted by Crippen LogP contribution is -2.45. The molecule has 0 bridgehead atoms. The maximum atomic E-state index is 12.2. The minimum Gasteiger partial charge on any atom is -0.341 e. The predicted molar refractivity (Wildman–Crippen MR) is 104 cm³/mol. The molecule has 1 aromatic carbocycles. The number of H-pyrrole nitrogens is 1. The van der Waals surface area contributed by atoms with E-state index in [0.717, 1.165) is 19.4 Å². The number of carbonyl (C=O) groups is 1. The van der Waals surface area contributed by atoms with E-state index < -0.39 is 0 Å². The van der Waals surface area contributed by atoms with Gasteiger partial charge in [0.05, 0.1) is 16.7 Å². The number of nitrogens with one attached hydrogen (secondary N) is 1. The lowest BCUT2D eigenvalue weighted by Gasteiger charge is -2.30. The van der Waals surface area contributed by atoms with Crippen molar-refractivity contribution in [1.82, 2.24) is 14.9 Å². The van der Waals surface area contributed by atoms with E-state index in [1.807, 2.05) is 23.1 Å². The van der Waals surface area contributed by atoms with Gasteiger partial charge in [-0.1, -0.05) is 12.1 Å². The topological polar surface area (TPSA) is 92.1 Å². The smallest absolute Gasteiger partial charge is 0.258 e. The minimum absolute atomic E-state index is 0. The number of thioether (sulfide) groups is 1. The van der Waals surface area contributed by atoms with Crippen molar-refractivity contribution >= 4 is 41.0 Å². The van der Waals surface area contributed by atoms with E-state index in [1.54, 1.807) is 17.8 Å². The van der Waals surface area contributed by atoms with Gasteiger partial charge < -0.3 is 15.6 Å². The maximum absolute atomic E-state index is 12.2. The van der Waals surface area contributed by atoms with Gasteiger partial charge in [-0.05, 0) is 25.0 Å². The standard InChI is InChI=1S/C17H22N4O2S.ClH/c18-12-4-3-8-21(10-12)16(22)7-9-24-11-15-19-14-6-2-1-5-13(14)17(23)20-15;/h1-2,5-6,12H,3-4,7-11,18H2,(H,19,20,23);1H. The summed E-state index contributed by atoms with van der Waals surface area (Å²) in [4.78, 5) is 33.3. The summed E-state index contributed by atoms with van der Waals surface area (Å²) in [5.74, 6) is 2.11. The van der Waals surface area contributed by atoms with Gasteiger partial charge in [0.25, 0.3) is 5.56 Å². The van der Waals surface area contributed by atoms with Crippen LogP contribution >= 0.6 is 24.2 Å². The van der Waals surface area contributed by atoms with Gasteiger partial charge in [0.15, 0.2) is 0 Å². The number of nitrogens with two attached hydrogens (primary N) is 1. The quantitative estimate of drug-likeness (QED) is 0.771. The average molecular weight is 383 g/mol. The molecule has 1 unspecified atom stereocenters. The first-order valence-electron chi connectivity index (χ1n) is 8.22. The van der Waals surface area contributed by atoms with Crippen LogP contribution < -0.4 is 11.3 Å². The number of piperidine rings is 1. The van der Waals surface area contributed by atoms with Crippen LogP contribution in [0.1, 0.15) is 25.1 Å². The zero-order valence-corrected chi connectivity index (χ0v) is 15.6. The molecule has 1 atom stereocenters. The number of hydrogen-bond donors (Lipinski definition) is 2. The highest BCUT2D eigenvalue weighted by Gasteiger charge is 2.20. The largest absolute Gasteiger partial charge is 0.341 e. The van der Waals surface area contributed by atoms with Crippen LogP contribution in [0.3, 0.4) is 0 Å². The van der Waals surface area contributed by atoms with Crippen LogP contribution in [0.5, 0.6) is 0 Å². The molecule has 2 aromatic rings. The van der Waals surface area contributed by atoms with Crippen LogP contribution in [0.2, 0.25) is 0 Å². The van der Waals surface area contributed by atoms with Crippen LogP contribution in [0, 0.1) is 0 Å². The van der Waals surface area contributed by atoms with Gasteiger partial charge in [0.2, 0.25) is 5.91 Å². The number of para-hydroxylation sites is 1. The van der Waals surface area contributed by atoms with Crippen LogP contribution in [-0.2, 0) is 10.5 Å². The number of likely N-dealkylation sites (tertiary alicyclic amines) is 1. The van der Waals surface area contributed by atoms with Crippen molar-refractivity contribution in [2.45, 2.75) is 31.1 Å². The molecule has 0 aliphatic carbocycles. The molecule has 3 rings (SSSR count). The average Bonchev–Trinajstić information content (AvgIpc) is 2.58. The van der Waals surface area contributed by atoms with E-state index in [0.29, 0.717) is 41.2 Å². The van der Waals surface area contributed by atoms with Crippen LogP contribution in [0.4, 0.5) is 0 Å². The Morgan fingerprint density at radius 1 is 1.40 bits per heavy atom. The number of hydrogen-bond acceptors (Lipinski definition) is 5. The van der Waals surface area contributed by atoms with Crippen molar-refractivity contribution in [2.75, 3.05) is 18.8 Å².